The molecule has 0 saturated heterocycles. The molecule has 4 aromatic rings. The van der Waals surface area contributed by atoms with Gasteiger partial charge in [0, 0.05) is 22.4 Å². The monoisotopic (exact) mass is 546 g/mol. The molecule has 3 unspecified atom stereocenters. The highest BCUT2D eigenvalue weighted by molar-refractivity contribution is 7.10. The minimum Gasteiger partial charge on any atom is -0.493 e. The minimum absolute atomic E-state index is 0.244. The summed E-state index contributed by atoms with van der Waals surface area (Å²) in [6.45, 7) is 2.53. The van der Waals surface area contributed by atoms with Gasteiger partial charge in [0.05, 0.1) is 38.1 Å². The Balaban J connectivity index is 1.49. The van der Waals surface area contributed by atoms with Gasteiger partial charge in [-0.05, 0) is 89.9 Å². The molecule has 1 aliphatic carbocycles. The van der Waals surface area contributed by atoms with Crippen LogP contribution in [0.2, 0.25) is 0 Å². The number of nitrogens with two attached hydrogens (primary N) is 1. The maximum atomic E-state index is 12.6. The lowest BCUT2D eigenvalue weighted by molar-refractivity contribution is 0.100. The van der Waals surface area contributed by atoms with E-state index in [9.17, 15) is 4.79 Å². The molecule has 8 heteroatoms. The molecule has 1 aliphatic rings. The number of pyridine rings is 1. The second-order valence-electron chi connectivity index (χ2n) is 10.0. The number of carbonyl (C=O) groups is 1. The van der Waals surface area contributed by atoms with Crippen molar-refractivity contribution >= 4 is 28.1 Å². The molecular formula is C31H34N2O5S. The Bertz CT molecular complexity index is 1490. The van der Waals surface area contributed by atoms with Crippen LogP contribution in [0.15, 0.2) is 47.8 Å². The number of fused-ring (bicyclic) bond motifs is 1. The number of hydrogen-bond donors (Lipinski definition) is 2. The van der Waals surface area contributed by atoms with E-state index in [1.807, 2.05) is 18.2 Å². The van der Waals surface area contributed by atoms with Gasteiger partial charge in [-0.1, -0.05) is 13.0 Å². The molecule has 0 bridgehead atoms. The molecule has 1 saturated carbocycles. The van der Waals surface area contributed by atoms with E-state index in [1.54, 1.807) is 38.7 Å². The molecule has 3 atom stereocenters. The zero-order valence-electron chi connectivity index (χ0n) is 22.7. The van der Waals surface area contributed by atoms with Crippen molar-refractivity contribution in [1.82, 2.24) is 4.98 Å². The average molecular weight is 547 g/mol. The van der Waals surface area contributed by atoms with Crippen LogP contribution < -0.4 is 19.9 Å². The smallest absolute Gasteiger partial charge is 0.249 e. The van der Waals surface area contributed by atoms with E-state index in [0.29, 0.717) is 51.8 Å². The zero-order chi connectivity index (χ0) is 27.7. The molecule has 0 aliphatic heterocycles. The van der Waals surface area contributed by atoms with Crippen LogP contribution in [0.5, 0.6) is 17.2 Å². The van der Waals surface area contributed by atoms with Gasteiger partial charge in [0.2, 0.25) is 11.7 Å². The predicted molar refractivity (Wildman–Crippen MR) is 154 cm³/mol. The lowest BCUT2D eigenvalue weighted by Gasteiger charge is -2.15. The van der Waals surface area contributed by atoms with Gasteiger partial charge >= 0.3 is 0 Å². The van der Waals surface area contributed by atoms with Gasteiger partial charge in [-0.15, -0.1) is 11.3 Å². The van der Waals surface area contributed by atoms with Gasteiger partial charge in [-0.3, -0.25) is 4.79 Å². The molecule has 5 rings (SSSR count). The van der Waals surface area contributed by atoms with Crippen molar-refractivity contribution in [3.63, 3.8) is 0 Å². The SMILES string of the molecule is COc1cc(-c2cc(C(N)=O)c3cc(C4C(C)C4c4csc(CCCCO)c4)ccc3n2)cc(OC)c1OC. The molecule has 2 aromatic heterocycles. The van der Waals surface area contributed by atoms with Crippen LogP contribution in [0.25, 0.3) is 22.2 Å². The van der Waals surface area contributed by atoms with Crippen molar-refractivity contribution in [2.24, 2.45) is 11.7 Å². The van der Waals surface area contributed by atoms with Crippen LogP contribution in [0.1, 0.15) is 58.0 Å². The van der Waals surface area contributed by atoms with Gasteiger partial charge in [-0.25, -0.2) is 4.98 Å². The second kappa shape index (κ2) is 11.2. The third-order valence-corrected chi connectivity index (χ3v) is 8.73. The quantitative estimate of drug-likeness (QED) is 0.226. The van der Waals surface area contributed by atoms with Crippen molar-refractivity contribution in [3.8, 4) is 28.5 Å². The summed E-state index contributed by atoms with van der Waals surface area (Å²) in [5.41, 5.74) is 10.9. The first-order valence-electron chi connectivity index (χ1n) is 13.1. The molecule has 204 valence electrons. The summed E-state index contributed by atoms with van der Waals surface area (Å²) in [5, 5.41) is 12.1. The van der Waals surface area contributed by atoms with E-state index in [-0.39, 0.29) is 6.61 Å². The number of aliphatic hydroxyl groups is 1. The van der Waals surface area contributed by atoms with Crippen LogP contribution in [-0.4, -0.2) is 43.9 Å². The highest BCUT2D eigenvalue weighted by atomic mass is 32.1. The van der Waals surface area contributed by atoms with Crippen LogP contribution in [0, 0.1) is 5.92 Å². The molecule has 39 heavy (non-hydrogen) atoms. The number of thiophene rings is 1. The lowest BCUT2D eigenvalue weighted by atomic mass is 9.98. The highest BCUT2D eigenvalue weighted by Gasteiger charge is 2.48. The molecule has 0 radical (unpaired) electrons. The summed E-state index contributed by atoms with van der Waals surface area (Å²) in [5.74, 6) is 2.33. The lowest BCUT2D eigenvalue weighted by Crippen LogP contribution is -2.12. The van der Waals surface area contributed by atoms with Crippen molar-refractivity contribution < 1.29 is 24.1 Å². The topological polar surface area (TPSA) is 104 Å². The Morgan fingerprint density at radius 1 is 0.974 bits per heavy atom. The number of benzene rings is 2. The van der Waals surface area contributed by atoms with Crippen LogP contribution in [0.3, 0.4) is 0 Å². The molecule has 2 aromatic carbocycles. The fraction of sp³-hybridized carbons (Fsp3) is 0.355. The van der Waals surface area contributed by atoms with Crippen LogP contribution in [-0.2, 0) is 6.42 Å². The Labute approximate surface area is 232 Å². The summed E-state index contributed by atoms with van der Waals surface area (Å²) in [7, 11) is 4.68. The molecule has 1 amide bonds. The number of carbonyl (C=O) groups excluding carboxylic acids is 1. The first kappa shape index (κ1) is 27.0. The van der Waals surface area contributed by atoms with E-state index in [1.165, 1.54) is 16.0 Å². The Morgan fingerprint density at radius 3 is 2.33 bits per heavy atom. The standard InChI is InChI=1S/C31H34N2O5S/c1-17-28(29(17)20-11-21(39-16-20)7-5-6-10-34)18-8-9-24-22(12-18)23(31(32)35)15-25(33-24)19-13-26(36-2)30(38-4)27(14-19)37-3/h8-9,11-17,28-29,34H,5-7,10H2,1-4H3,(H2,32,35). The first-order valence-corrected chi connectivity index (χ1v) is 14.0. The second-order valence-corrected chi connectivity index (χ2v) is 11.0. The fourth-order valence-electron chi connectivity index (χ4n) is 5.63. The fourth-order valence-corrected chi connectivity index (χ4v) is 6.61. The number of aryl methyl sites for hydroxylation is 1. The molecular weight excluding hydrogens is 512 g/mol. The first-order chi connectivity index (χ1) is 18.9. The number of aromatic nitrogens is 1. The van der Waals surface area contributed by atoms with E-state index >= 15 is 0 Å². The Hall–Kier alpha value is -3.62. The van der Waals surface area contributed by atoms with Crippen molar-refractivity contribution in [2.75, 3.05) is 27.9 Å². The highest BCUT2D eigenvalue weighted by Crippen LogP contribution is 2.61. The van der Waals surface area contributed by atoms with Gasteiger partial charge in [0.1, 0.15) is 0 Å². The van der Waals surface area contributed by atoms with Crippen molar-refractivity contribution in [1.29, 1.82) is 0 Å². The average Bonchev–Trinajstić information content (AvgIpc) is 3.39. The molecule has 2 heterocycles. The largest absolute Gasteiger partial charge is 0.493 e. The van der Waals surface area contributed by atoms with Gasteiger partial charge < -0.3 is 25.1 Å². The van der Waals surface area contributed by atoms with Crippen LogP contribution in [0.4, 0.5) is 0 Å². The number of unbranched alkanes of at least 4 members (excludes halogenated alkanes) is 1. The normalized spacial score (nSPS) is 18.2. The predicted octanol–water partition coefficient (Wildman–Crippen LogP) is 5.92. The van der Waals surface area contributed by atoms with Crippen molar-refractivity contribution in [3.05, 3.63) is 69.4 Å². The number of primary amides is 1. The number of hydrogen-bond acceptors (Lipinski definition) is 7. The van der Waals surface area contributed by atoms with E-state index in [0.717, 1.165) is 30.2 Å². The Kier molecular flexibility index (Phi) is 7.77. The number of aliphatic hydroxyl groups excluding tert-OH is 1. The van der Waals surface area contributed by atoms with Gasteiger partial charge in [-0.2, -0.15) is 0 Å². The van der Waals surface area contributed by atoms with Crippen LogP contribution >= 0.6 is 11.3 Å². The Morgan fingerprint density at radius 2 is 1.69 bits per heavy atom. The van der Waals surface area contributed by atoms with E-state index in [2.05, 4.69) is 30.5 Å². The van der Waals surface area contributed by atoms with E-state index < -0.39 is 5.91 Å². The maximum absolute atomic E-state index is 12.6. The third-order valence-electron chi connectivity index (χ3n) is 7.71. The van der Waals surface area contributed by atoms with E-state index in [4.69, 9.17) is 30.0 Å². The summed E-state index contributed by atoms with van der Waals surface area (Å²) < 4.78 is 16.4. The number of amides is 1. The number of rotatable bonds is 11. The molecule has 7 nitrogen and oxygen atoms in total. The van der Waals surface area contributed by atoms with Gasteiger partial charge in [0.25, 0.3) is 0 Å². The number of nitrogens with zero attached hydrogens (tertiary/aromatic N) is 1. The maximum Gasteiger partial charge on any atom is 0.249 e. The molecule has 0 spiro atoms. The summed E-state index contributed by atoms with van der Waals surface area (Å²) in [6, 6.07) is 13.9. The van der Waals surface area contributed by atoms with Crippen molar-refractivity contribution in [2.45, 2.75) is 38.0 Å². The summed E-state index contributed by atoms with van der Waals surface area (Å²) >= 11 is 1.80. The third kappa shape index (κ3) is 5.18. The summed E-state index contributed by atoms with van der Waals surface area (Å²) in [4.78, 5) is 18.9. The molecule has 3 N–H and O–H groups in total. The zero-order valence-corrected chi connectivity index (χ0v) is 23.5. The summed E-state index contributed by atoms with van der Waals surface area (Å²) in [6.07, 6.45) is 2.85. The minimum atomic E-state index is -0.501. The van der Waals surface area contributed by atoms with Gasteiger partial charge in [0.15, 0.2) is 11.5 Å². The molecule has 1 fully saturated rings. The number of methoxy groups -OCH3 is 3. The number of ether oxygens (including phenoxy) is 3.